The zero-order valence-corrected chi connectivity index (χ0v) is 11.6. The van der Waals surface area contributed by atoms with Gasteiger partial charge in [-0.1, -0.05) is 11.8 Å². The first-order chi connectivity index (χ1) is 8.50. The Morgan fingerprint density at radius 2 is 2.50 bits per heavy atom. The van der Waals surface area contributed by atoms with E-state index in [1.54, 1.807) is 4.57 Å². The van der Waals surface area contributed by atoms with Crippen molar-refractivity contribution in [2.45, 2.75) is 36.2 Å². The quantitative estimate of drug-likeness (QED) is 0.787. The van der Waals surface area contributed by atoms with Crippen LogP contribution in [0.4, 0.5) is 0 Å². The van der Waals surface area contributed by atoms with Crippen LogP contribution < -0.4 is 5.69 Å². The van der Waals surface area contributed by atoms with Crippen molar-refractivity contribution in [3.8, 4) is 0 Å². The Hall–Kier alpha value is -0.890. The number of hydrogen-bond acceptors (Lipinski definition) is 5. The van der Waals surface area contributed by atoms with Crippen molar-refractivity contribution in [3.63, 3.8) is 0 Å². The van der Waals surface area contributed by atoms with Crippen molar-refractivity contribution in [2.24, 2.45) is 0 Å². The average molecular weight is 289 g/mol. The molecule has 0 bridgehead atoms. The minimum Gasteiger partial charge on any atom is -0.481 e. The smallest absolute Gasteiger partial charge is 0.344 e. The van der Waals surface area contributed by atoms with Crippen LogP contribution in [0.1, 0.15) is 19.8 Å². The molecule has 0 aromatic carbocycles. The van der Waals surface area contributed by atoms with Gasteiger partial charge in [0, 0.05) is 11.3 Å². The van der Waals surface area contributed by atoms with Gasteiger partial charge in [0.25, 0.3) is 0 Å². The molecule has 2 rings (SSSR count). The van der Waals surface area contributed by atoms with E-state index < -0.39 is 5.97 Å². The van der Waals surface area contributed by atoms with Crippen molar-refractivity contribution in [1.29, 1.82) is 0 Å². The van der Waals surface area contributed by atoms with Crippen molar-refractivity contribution in [3.05, 3.63) is 10.5 Å². The molecule has 8 heteroatoms. The molecule has 6 nitrogen and oxygen atoms in total. The van der Waals surface area contributed by atoms with E-state index in [9.17, 15) is 9.59 Å². The second kappa shape index (κ2) is 5.40. The zero-order valence-electron chi connectivity index (χ0n) is 10.0. The van der Waals surface area contributed by atoms with Crippen LogP contribution in [0.25, 0.3) is 0 Å². The molecule has 2 heterocycles. The lowest BCUT2D eigenvalue weighted by Gasteiger charge is -2.22. The third kappa shape index (κ3) is 3.11. The number of nitrogens with one attached hydrogen (secondary N) is 1. The molecule has 1 aromatic rings. The van der Waals surface area contributed by atoms with Gasteiger partial charge in [-0.05, 0) is 25.5 Å². The molecule has 1 saturated heterocycles. The van der Waals surface area contributed by atoms with Crippen molar-refractivity contribution in [2.75, 3.05) is 11.5 Å². The Kier molecular flexibility index (Phi) is 4.06. The van der Waals surface area contributed by atoms with E-state index in [-0.39, 0.29) is 16.2 Å². The number of thioether (sulfide) groups is 2. The summed E-state index contributed by atoms with van der Waals surface area (Å²) in [6.07, 6.45) is 2.23. The fourth-order valence-electron chi connectivity index (χ4n) is 1.98. The number of carbonyl (C=O) groups is 1. The summed E-state index contributed by atoms with van der Waals surface area (Å²) in [5.74, 6) is 0.109. The summed E-state index contributed by atoms with van der Waals surface area (Å²) in [6, 6.07) is 0. The SMILES string of the molecule is CC1(Cn2c(SCC(=O)O)n[nH]c2=O)CCCS1. The van der Waals surface area contributed by atoms with Crippen LogP contribution in [0.15, 0.2) is 9.95 Å². The molecular formula is C10H15N3O3S2. The summed E-state index contributed by atoms with van der Waals surface area (Å²) in [5, 5.41) is 15.4. The summed E-state index contributed by atoms with van der Waals surface area (Å²) < 4.78 is 1.60. The molecule has 0 aliphatic carbocycles. The number of rotatable bonds is 5. The Labute approximate surface area is 113 Å². The van der Waals surface area contributed by atoms with Crippen molar-refractivity contribution in [1.82, 2.24) is 14.8 Å². The minimum absolute atomic E-state index is 0.0479. The third-order valence-corrected chi connectivity index (χ3v) is 5.33. The number of nitrogens with zero attached hydrogens (tertiary/aromatic N) is 2. The molecule has 1 aliphatic rings. The van der Waals surface area contributed by atoms with Gasteiger partial charge in [-0.25, -0.2) is 9.89 Å². The maximum Gasteiger partial charge on any atom is 0.344 e. The third-order valence-electron chi connectivity index (χ3n) is 2.84. The molecule has 100 valence electrons. The number of carboxylic acids is 1. The monoisotopic (exact) mass is 289 g/mol. The van der Waals surface area contributed by atoms with Gasteiger partial charge < -0.3 is 5.11 Å². The highest BCUT2D eigenvalue weighted by Gasteiger charge is 2.31. The van der Waals surface area contributed by atoms with Crippen LogP contribution in [-0.4, -0.2) is 42.1 Å². The van der Waals surface area contributed by atoms with E-state index in [0.29, 0.717) is 11.7 Å². The van der Waals surface area contributed by atoms with E-state index in [0.717, 1.165) is 30.4 Å². The lowest BCUT2D eigenvalue weighted by Crippen LogP contribution is -2.30. The zero-order chi connectivity index (χ0) is 13.2. The van der Waals surface area contributed by atoms with Gasteiger partial charge in [-0.15, -0.1) is 5.10 Å². The van der Waals surface area contributed by atoms with E-state index in [1.165, 1.54) is 0 Å². The standard InChI is InChI=1S/C10H15N3O3S2/c1-10(3-2-4-18-10)6-13-8(16)11-12-9(13)17-5-7(14)15/h2-6H2,1H3,(H,11,16)(H,14,15). The largest absolute Gasteiger partial charge is 0.481 e. The Balaban J connectivity index is 2.13. The molecule has 2 N–H and O–H groups in total. The highest BCUT2D eigenvalue weighted by molar-refractivity contribution is 8.00. The van der Waals surface area contributed by atoms with Gasteiger partial charge in [-0.3, -0.25) is 9.36 Å². The van der Waals surface area contributed by atoms with Crippen LogP contribution in [0.3, 0.4) is 0 Å². The molecule has 0 spiro atoms. The number of aromatic amines is 1. The average Bonchev–Trinajstić information content (AvgIpc) is 2.86. The fraction of sp³-hybridized carbons (Fsp3) is 0.700. The first-order valence-corrected chi connectivity index (χ1v) is 7.61. The van der Waals surface area contributed by atoms with Crippen LogP contribution in [-0.2, 0) is 11.3 Å². The van der Waals surface area contributed by atoms with Gasteiger partial charge >= 0.3 is 11.7 Å². The molecule has 18 heavy (non-hydrogen) atoms. The highest BCUT2D eigenvalue weighted by atomic mass is 32.2. The summed E-state index contributed by atoms with van der Waals surface area (Å²) >= 11 is 2.93. The summed E-state index contributed by atoms with van der Waals surface area (Å²) in [4.78, 5) is 22.2. The van der Waals surface area contributed by atoms with Crippen molar-refractivity contribution < 1.29 is 9.90 Å². The topological polar surface area (TPSA) is 88.0 Å². The molecule has 1 fully saturated rings. The predicted octanol–water partition coefficient (Wildman–Crippen LogP) is 1.03. The number of H-pyrrole nitrogens is 1. The molecule has 0 amide bonds. The van der Waals surface area contributed by atoms with Gasteiger partial charge in [0.15, 0.2) is 5.16 Å². The van der Waals surface area contributed by atoms with E-state index in [2.05, 4.69) is 17.1 Å². The molecule has 1 aliphatic heterocycles. The van der Waals surface area contributed by atoms with Gasteiger partial charge in [0.1, 0.15) is 0 Å². The summed E-state index contributed by atoms with van der Waals surface area (Å²) in [6.45, 7) is 2.71. The predicted molar refractivity (Wildman–Crippen MR) is 71.3 cm³/mol. The lowest BCUT2D eigenvalue weighted by molar-refractivity contribution is -0.133. The van der Waals surface area contributed by atoms with Gasteiger partial charge in [-0.2, -0.15) is 11.8 Å². The minimum atomic E-state index is -0.913. The fourth-order valence-corrected chi connectivity index (χ4v) is 3.93. The maximum absolute atomic E-state index is 11.7. The summed E-state index contributed by atoms with van der Waals surface area (Å²) in [7, 11) is 0. The molecular weight excluding hydrogens is 274 g/mol. The molecule has 0 saturated carbocycles. The number of carboxylic acid groups (broad SMARTS) is 1. The Morgan fingerprint density at radius 1 is 1.72 bits per heavy atom. The van der Waals surface area contributed by atoms with Crippen LogP contribution >= 0.6 is 23.5 Å². The van der Waals surface area contributed by atoms with Crippen LogP contribution in [0.5, 0.6) is 0 Å². The van der Waals surface area contributed by atoms with Gasteiger partial charge in [0.2, 0.25) is 0 Å². The molecule has 0 radical (unpaired) electrons. The van der Waals surface area contributed by atoms with Crippen molar-refractivity contribution >= 4 is 29.5 Å². The number of hydrogen-bond donors (Lipinski definition) is 2. The molecule has 1 aromatic heterocycles. The van der Waals surface area contributed by atoms with Crippen LogP contribution in [0.2, 0.25) is 0 Å². The van der Waals surface area contributed by atoms with Gasteiger partial charge in [0.05, 0.1) is 5.75 Å². The van der Waals surface area contributed by atoms with Crippen LogP contribution in [0, 0.1) is 0 Å². The van der Waals surface area contributed by atoms with E-state index in [1.807, 2.05) is 11.8 Å². The van der Waals surface area contributed by atoms with E-state index in [4.69, 9.17) is 5.11 Å². The first kappa shape index (κ1) is 13.5. The lowest BCUT2D eigenvalue weighted by atomic mass is 10.1. The maximum atomic E-state index is 11.7. The second-order valence-corrected chi connectivity index (χ2v) is 7.11. The molecule has 1 unspecified atom stereocenters. The molecule has 1 atom stereocenters. The highest BCUT2D eigenvalue weighted by Crippen LogP contribution is 2.39. The second-order valence-electron chi connectivity index (χ2n) is 4.48. The normalized spacial score (nSPS) is 23.4. The first-order valence-electron chi connectivity index (χ1n) is 5.64. The Morgan fingerprint density at radius 3 is 3.11 bits per heavy atom. The number of aliphatic carboxylic acids is 1. The Bertz CT molecular complexity index is 491. The number of aromatic nitrogens is 3. The summed E-state index contributed by atoms with van der Waals surface area (Å²) in [5.41, 5.74) is -0.267. The van der Waals surface area contributed by atoms with E-state index >= 15 is 0 Å².